The van der Waals surface area contributed by atoms with Crippen LogP contribution < -0.4 is 6.15 Å². The van der Waals surface area contributed by atoms with Gasteiger partial charge in [-0.1, -0.05) is 5.40 Å². The Balaban J connectivity index is -0.0000000200. The Morgan fingerprint density at radius 2 is 1.60 bits per heavy atom. The van der Waals surface area contributed by atoms with Gasteiger partial charge in [-0.25, -0.2) is 5.26 Å². The molecule has 0 saturated heterocycles. The summed E-state index contributed by atoms with van der Waals surface area (Å²) in [5, 5.41) is 8.47. The molecule has 0 aromatic heterocycles. The quantitative estimate of drug-likeness (QED) is 0.511. The average molecular weight is 271 g/mol. The molecule has 0 aromatic carbocycles. The molecule has 0 rings (SSSR count). The Morgan fingerprint density at radius 3 is 1.60 bits per heavy atom. The topological polar surface area (TPSA) is 60.3 Å². The van der Waals surface area contributed by atoms with Crippen molar-refractivity contribution in [1.82, 2.24) is 6.15 Å². The number of thiocyanates is 1. The normalized spacial score (nSPS) is 1.40. The minimum atomic E-state index is 0. The number of quaternary nitrogens is 1. The van der Waals surface area contributed by atoms with Gasteiger partial charge in [0.25, 0.3) is 0 Å². The first-order valence-corrected chi connectivity index (χ1v) is 0.836. The van der Waals surface area contributed by atoms with Crippen LogP contribution in [0.1, 0.15) is 0 Å². The molecule has 0 radical (unpaired) electrons. The molecule has 5 heavy (non-hydrogen) atoms. The van der Waals surface area contributed by atoms with Gasteiger partial charge in [0.05, 0.1) is 0 Å². The second kappa shape index (κ2) is 26.6. The van der Waals surface area contributed by atoms with E-state index >= 15 is 0 Å². The summed E-state index contributed by atoms with van der Waals surface area (Å²) in [5.41, 5.74) is 0. The summed E-state index contributed by atoms with van der Waals surface area (Å²) in [7, 11) is 0. The van der Waals surface area contributed by atoms with Crippen molar-refractivity contribution >= 4 is 12.6 Å². The first-order chi connectivity index (χ1) is 1.41. The third-order valence-corrected chi connectivity index (χ3v) is 0. The van der Waals surface area contributed by atoms with Crippen molar-refractivity contribution in [3.8, 4) is 5.40 Å². The molecular weight excluding hydrogens is 267 g/mol. The third-order valence-electron chi connectivity index (χ3n) is 0. The van der Waals surface area contributed by atoms with Gasteiger partial charge in [-0.05, 0) is 0 Å². The van der Waals surface area contributed by atoms with E-state index in [2.05, 4.69) is 12.6 Å². The molecule has 4 heteroatoms. The minimum absolute atomic E-state index is 0. The standard InChI is InChI=1S/CHNS.H3N.Pt/c2-1-3;;/h3H;1H3;/q;;+2. The van der Waals surface area contributed by atoms with Crippen molar-refractivity contribution in [2.75, 3.05) is 0 Å². The molecule has 0 fully saturated rings. The molecule has 0 saturated carbocycles. The van der Waals surface area contributed by atoms with Gasteiger partial charge >= 0.3 is 21.1 Å². The summed E-state index contributed by atoms with van der Waals surface area (Å²) in [6, 6.07) is 0. The third kappa shape index (κ3) is 189. The summed E-state index contributed by atoms with van der Waals surface area (Å²) >= 11 is 3.70. The molecule has 0 aliphatic rings. The van der Waals surface area contributed by atoms with Crippen LogP contribution in [0.5, 0.6) is 0 Å². The van der Waals surface area contributed by atoms with E-state index in [1.165, 1.54) is 5.40 Å². The Hall–Kier alpha value is 0.358. The maximum Gasteiger partial charge on any atom is 2.00 e. The summed E-state index contributed by atoms with van der Waals surface area (Å²) < 4.78 is 0. The molecule has 0 aromatic rings. The molecule has 0 bridgehead atoms. The van der Waals surface area contributed by atoms with E-state index in [-0.39, 0.29) is 27.2 Å². The van der Waals surface area contributed by atoms with Gasteiger partial charge in [0, 0.05) is 0 Å². The van der Waals surface area contributed by atoms with Gasteiger partial charge in [0.1, 0.15) is 0 Å². The number of nitrogens with zero attached hydrogens (tertiary/aromatic N) is 1. The van der Waals surface area contributed by atoms with E-state index in [4.69, 9.17) is 5.26 Å². The maximum absolute atomic E-state index is 7.13. The van der Waals surface area contributed by atoms with E-state index in [9.17, 15) is 0 Å². The van der Waals surface area contributed by atoms with Crippen LogP contribution in [0.15, 0.2) is 0 Å². The van der Waals surface area contributed by atoms with Crippen molar-refractivity contribution in [3.63, 3.8) is 0 Å². The van der Waals surface area contributed by atoms with Gasteiger partial charge < -0.3 is 18.8 Å². The smallest absolute Gasteiger partial charge is 0.696 e. The molecule has 0 aliphatic heterocycles. The van der Waals surface area contributed by atoms with Crippen LogP contribution in [0.4, 0.5) is 0 Å². The van der Waals surface area contributed by atoms with Gasteiger partial charge in [-0.15, -0.1) is 0 Å². The summed E-state index contributed by atoms with van der Waals surface area (Å²) in [5.74, 6) is 0. The SMILES string of the molecule is N#C[S-].[NH4+].[Pt+2]. The molecule has 0 heterocycles. The second-order valence-corrected chi connectivity index (χ2v) is 0.274. The fourth-order valence-corrected chi connectivity index (χ4v) is 0. The van der Waals surface area contributed by atoms with Crippen LogP contribution in [0.2, 0.25) is 0 Å². The zero-order valence-corrected chi connectivity index (χ0v) is 5.76. The zero-order valence-electron chi connectivity index (χ0n) is 2.67. The Kier molecular flexibility index (Phi) is 97.5. The Morgan fingerprint density at radius 1 is 1.60 bits per heavy atom. The number of rotatable bonds is 0. The number of hydrogen-bond donors (Lipinski definition) is 1. The molecular formula is CH4N2PtS+2. The Bertz CT molecular complexity index is 31.1. The molecule has 0 aliphatic carbocycles. The van der Waals surface area contributed by atoms with E-state index in [1.807, 2.05) is 0 Å². The second-order valence-electron chi connectivity index (χ2n) is 0.0913. The molecule has 0 atom stereocenters. The first-order valence-electron chi connectivity index (χ1n) is 0.428. The van der Waals surface area contributed by atoms with Crippen LogP contribution in [0, 0.1) is 10.7 Å². The van der Waals surface area contributed by atoms with Crippen molar-refractivity contribution in [3.05, 3.63) is 0 Å². The van der Waals surface area contributed by atoms with E-state index in [1.54, 1.807) is 0 Å². The van der Waals surface area contributed by atoms with Crippen molar-refractivity contribution in [2.24, 2.45) is 0 Å². The molecule has 4 N–H and O–H groups in total. The van der Waals surface area contributed by atoms with Gasteiger partial charge in [-0.3, -0.25) is 0 Å². The van der Waals surface area contributed by atoms with Gasteiger partial charge in [0.2, 0.25) is 0 Å². The van der Waals surface area contributed by atoms with Crippen LogP contribution in [-0.4, -0.2) is 0 Å². The van der Waals surface area contributed by atoms with Crippen LogP contribution >= 0.6 is 0 Å². The van der Waals surface area contributed by atoms with Crippen molar-refractivity contribution < 1.29 is 21.1 Å². The average Bonchev–Trinajstić information content (AvgIpc) is 0.918. The largest absolute Gasteiger partial charge is 2.00 e. The predicted octanol–water partition coefficient (Wildman–Crippen LogP) is 0.388. The van der Waals surface area contributed by atoms with Crippen molar-refractivity contribution in [2.45, 2.75) is 0 Å². The van der Waals surface area contributed by atoms with Crippen LogP contribution in [0.3, 0.4) is 0 Å². The van der Waals surface area contributed by atoms with Gasteiger partial charge in [0.15, 0.2) is 0 Å². The maximum atomic E-state index is 7.13. The predicted molar refractivity (Wildman–Crippen MR) is 19.0 cm³/mol. The zero-order chi connectivity index (χ0) is 2.71. The molecule has 0 amide bonds. The van der Waals surface area contributed by atoms with Crippen LogP contribution in [0.25, 0.3) is 0 Å². The summed E-state index contributed by atoms with van der Waals surface area (Å²) in [6.45, 7) is 0. The minimum Gasteiger partial charge on any atom is -0.696 e. The van der Waals surface area contributed by atoms with E-state index in [0.717, 1.165) is 0 Å². The van der Waals surface area contributed by atoms with E-state index < -0.39 is 0 Å². The van der Waals surface area contributed by atoms with Crippen LogP contribution in [-0.2, 0) is 33.7 Å². The molecule has 2 nitrogen and oxygen atoms in total. The monoisotopic (exact) mass is 271 g/mol. The Labute approximate surface area is 50.8 Å². The van der Waals surface area contributed by atoms with Crippen molar-refractivity contribution in [1.29, 1.82) is 5.26 Å². The first kappa shape index (κ1) is 18.3. The molecule has 32 valence electrons. The van der Waals surface area contributed by atoms with Gasteiger partial charge in [-0.2, -0.15) is 0 Å². The molecule has 0 unspecified atom stereocenters. The van der Waals surface area contributed by atoms with E-state index in [0.29, 0.717) is 0 Å². The summed E-state index contributed by atoms with van der Waals surface area (Å²) in [6.07, 6.45) is 0. The fourth-order valence-electron chi connectivity index (χ4n) is 0. The number of hydrogen-bond acceptors (Lipinski definition) is 2. The fraction of sp³-hybridized carbons (Fsp3) is 0. The summed E-state index contributed by atoms with van der Waals surface area (Å²) in [4.78, 5) is 0. The number of nitriles is 1. The molecule has 0 spiro atoms.